The molecule has 0 radical (unpaired) electrons. The first-order valence-electron chi connectivity index (χ1n) is 10.3. The molecule has 182 valence electrons. The highest BCUT2D eigenvalue weighted by atomic mass is 127. The van der Waals surface area contributed by atoms with Gasteiger partial charge in [-0.1, -0.05) is 6.92 Å². The molecule has 0 saturated carbocycles. The Morgan fingerprint density at radius 1 is 1.06 bits per heavy atom. The lowest BCUT2D eigenvalue weighted by atomic mass is 10.1. The highest BCUT2D eigenvalue weighted by Crippen LogP contribution is 2.37. The Bertz CT molecular complexity index is 1190. The van der Waals surface area contributed by atoms with Gasteiger partial charge in [-0.2, -0.15) is 10.1 Å². The molecule has 0 aliphatic carbocycles. The fraction of sp³-hybridized carbons (Fsp3) is 0.304. The molecule has 0 unspecified atom stereocenters. The predicted octanol–water partition coefficient (Wildman–Crippen LogP) is 6.37. The molecule has 1 atom stereocenters. The Morgan fingerprint density at radius 2 is 1.65 bits per heavy atom. The summed E-state index contributed by atoms with van der Waals surface area (Å²) in [5, 5.41) is 3.91. The third-order valence-corrected chi connectivity index (χ3v) is 5.80. The van der Waals surface area contributed by atoms with Crippen LogP contribution in [0, 0.1) is 32.7 Å². The monoisotopic (exact) mass is 594 g/mol. The molecule has 0 bridgehead atoms. The van der Waals surface area contributed by atoms with Crippen LogP contribution in [0.4, 0.5) is 27.6 Å². The maximum Gasteiger partial charge on any atom is 0.280 e. The first-order valence-corrected chi connectivity index (χ1v) is 11.4. The zero-order valence-electron chi connectivity index (χ0n) is 18.6. The summed E-state index contributed by atoms with van der Waals surface area (Å²) in [5.41, 5.74) is -1.01. The molecular formula is C23H20F5IN2O3. The number of nitrogens with zero attached hydrogens (tertiary/aromatic N) is 2. The first kappa shape index (κ1) is 25.9. The summed E-state index contributed by atoms with van der Waals surface area (Å²) in [7, 11) is 0. The zero-order chi connectivity index (χ0) is 25.3. The minimum Gasteiger partial charge on any atom is -0.490 e. The molecule has 5 nitrogen and oxygen atoms in total. The van der Waals surface area contributed by atoms with Gasteiger partial charge >= 0.3 is 0 Å². The number of hydrogen-bond acceptors (Lipinski definition) is 4. The number of carbonyl (C=O) groups is 1. The van der Waals surface area contributed by atoms with Gasteiger partial charge in [0.15, 0.2) is 34.8 Å². The van der Waals surface area contributed by atoms with E-state index in [0.717, 1.165) is 6.42 Å². The quantitative estimate of drug-likeness (QED) is 0.123. The highest BCUT2D eigenvalue weighted by molar-refractivity contribution is 14.1. The van der Waals surface area contributed by atoms with E-state index in [9.17, 15) is 26.7 Å². The Balaban J connectivity index is 2.05. The Morgan fingerprint density at radius 3 is 2.21 bits per heavy atom. The lowest BCUT2D eigenvalue weighted by Crippen LogP contribution is -2.25. The lowest BCUT2D eigenvalue weighted by molar-refractivity contribution is -0.114. The Labute approximate surface area is 206 Å². The van der Waals surface area contributed by atoms with Gasteiger partial charge in [0.1, 0.15) is 5.69 Å². The molecule has 0 aromatic heterocycles. The largest absolute Gasteiger partial charge is 0.490 e. The number of rotatable bonds is 7. The summed E-state index contributed by atoms with van der Waals surface area (Å²) in [5.74, 6) is -11.0. The van der Waals surface area contributed by atoms with Gasteiger partial charge in [-0.25, -0.2) is 22.0 Å². The van der Waals surface area contributed by atoms with E-state index in [0.29, 0.717) is 27.2 Å². The Hall–Kier alpha value is -2.70. The standard InChI is InChI=1S/C23H20F5IN2O3/c1-5-10(3)34-22-14(29)8-12(9-15(22)33-6-2)7-13-11(4)30-31(23(13)32)21-19(27)17(25)16(24)18(26)20(21)28/h7-10H,5-6H2,1-4H3/b13-7-/t10-/m1/s1. The second-order valence-electron chi connectivity index (χ2n) is 7.38. The van der Waals surface area contributed by atoms with Crippen molar-refractivity contribution in [3.05, 3.63) is 55.9 Å². The smallest absolute Gasteiger partial charge is 0.280 e. The second kappa shape index (κ2) is 10.3. The van der Waals surface area contributed by atoms with Crippen LogP contribution in [-0.4, -0.2) is 24.3 Å². The molecule has 3 rings (SSSR count). The number of benzene rings is 2. The van der Waals surface area contributed by atoms with Gasteiger partial charge in [-0.3, -0.25) is 4.79 Å². The van der Waals surface area contributed by atoms with Crippen LogP contribution in [-0.2, 0) is 4.79 Å². The van der Waals surface area contributed by atoms with Crippen LogP contribution >= 0.6 is 22.6 Å². The first-order chi connectivity index (χ1) is 16.0. The van der Waals surface area contributed by atoms with Crippen molar-refractivity contribution in [2.75, 3.05) is 11.6 Å². The maximum absolute atomic E-state index is 14.2. The van der Waals surface area contributed by atoms with Gasteiger partial charge in [0.25, 0.3) is 5.91 Å². The van der Waals surface area contributed by atoms with Crippen LogP contribution in [0.15, 0.2) is 22.8 Å². The normalized spacial score (nSPS) is 15.7. The van der Waals surface area contributed by atoms with E-state index < -0.39 is 40.7 Å². The van der Waals surface area contributed by atoms with Crippen molar-refractivity contribution in [3.63, 3.8) is 0 Å². The summed E-state index contributed by atoms with van der Waals surface area (Å²) in [6.45, 7) is 7.41. The van der Waals surface area contributed by atoms with Crippen molar-refractivity contribution in [2.24, 2.45) is 5.10 Å². The van der Waals surface area contributed by atoms with Crippen molar-refractivity contribution in [2.45, 2.75) is 40.2 Å². The zero-order valence-corrected chi connectivity index (χ0v) is 20.8. The predicted molar refractivity (Wildman–Crippen MR) is 126 cm³/mol. The molecule has 11 heteroatoms. The van der Waals surface area contributed by atoms with Gasteiger partial charge in [-0.05, 0) is 73.6 Å². The third kappa shape index (κ3) is 4.75. The van der Waals surface area contributed by atoms with Crippen LogP contribution in [0.1, 0.15) is 39.7 Å². The molecule has 1 heterocycles. The molecule has 1 amide bonds. The van der Waals surface area contributed by atoms with Crippen LogP contribution in [0.3, 0.4) is 0 Å². The van der Waals surface area contributed by atoms with E-state index in [2.05, 4.69) is 27.7 Å². The van der Waals surface area contributed by atoms with E-state index in [1.165, 1.54) is 13.0 Å². The number of halogens is 6. The van der Waals surface area contributed by atoms with E-state index in [4.69, 9.17) is 9.47 Å². The Kier molecular flexibility index (Phi) is 7.84. The van der Waals surface area contributed by atoms with E-state index in [1.807, 2.05) is 13.8 Å². The van der Waals surface area contributed by atoms with Crippen LogP contribution in [0.5, 0.6) is 11.5 Å². The molecule has 0 saturated heterocycles. The van der Waals surface area contributed by atoms with E-state index in [1.54, 1.807) is 19.1 Å². The van der Waals surface area contributed by atoms with Crippen molar-refractivity contribution >= 4 is 46.0 Å². The van der Waals surface area contributed by atoms with Crippen molar-refractivity contribution in [1.29, 1.82) is 0 Å². The minimum atomic E-state index is -2.32. The highest BCUT2D eigenvalue weighted by Gasteiger charge is 2.37. The van der Waals surface area contributed by atoms with Crippen LogP contribution < -0.4 is 14.5 Å². The summed E-state index contributed by atoms with van der Waals surface area (Å²) in [4.78, 5) is 12.9. The number of ether oxygens (including phenoxy) is 2. The molecule has 2 aromatic rings. The number of amides is 1. The van der Waals surface area contributed by atoms with E-state index >= 15 is 0 Å². The van der Waals surface area contributed by atoms with Gasteiger partial charge in [0, 0.05) is 0 Å². The summed E-state index contributed by atoms with van der Waals surface area (Å²) in [6.07, 6.45) is 2.09. The molecule has 1 aliphatic heterocycles. The summed E-state index contributed by atoms with van der Waals surface area (Å²) < 4.78 is 81.5. The molecule has 1 aliphatic rings. The topological polar surface area (TPSA) is 51.1 Å². The molecule has 34 heavy (non-hydrogen) atoms. The van der Waals surface area contributed by atoms with Gasteiger partial charge in [0.05, 0.1) is 27.6 Å². The van der Waals surface area contributed by atoms with E-state index in [-0.39, 0.29) is 22.4 Å². The van der Waals surface area contributed by atoms with Crippen LogP contribution in [0.2, 0.25) is 0 Å². The maximum atomic E-state index is 14.2. The number of hydrogen-bond donors (Lipinski definition) is 0. The fourth-order valence-corrected chi connectivity index (χ4v) is 3.87. The SMILES string of the molecule is CCOc1cc(/C=C2\C(=O)N(c3c(F)c(F)c(F)c(F)c3F)N=C2C)cc(I)c1O[C@H](C)CC. The number of hydrazone groups is 1. The van der Waals surface area contributed by atoms with Crippen LogP contribution in [0.25, 0.3) is 6.08 Å². The average molecular weight is 594 g/mol. The average Bonchev–Trinajstić information content (AvgIpc) is 3.06. The molecule has 0 N–H and O–H groups in total. The molecular weight excluding hydrogens is 574 g/mol. The second-order valence-corrected chi connectivity index (χ2v) is 8.54. The molecule has 0 spiro atoms. The van der Waals surface area contributed by atoms with Crippen molar-refractivity contribution in [1.82, 2.24) is 0 Å². The van der Waals surface area contributed by atoms with Gasteiger partial charge in [-0.15, -0.1) is 0 Å². The molecule has 0 fully saturated rings. The number of anilines is 1. The minimum absolute atomic E-state index is 0.0295. The van der Waals surface area contributed by atoms with Crippen molar-refractivity contribution in [3.8, 4) is 11.5 Å². The van der Waals surface area contributed by atoms with Gasteiger partial charge in [0.2, 0.25) is 5.82 Å². The molecule has 2 aromatic carbocycles. The summed E-state index contributed by atoms with van der Waals surface area (Å²) >= 11 is 2.05. The number of carbonyl (C=O) groups excluding carboxylic acids is 1. The van der Waals surface area contributed by atoms with Crippen molar-refractivity contribution < 1.29 is 36.2 Å². The summed E-state index contributed by atoms with van der Waals surface area (Å²) in [6, 6.07) is 3.33. The van der Waals surface area contributed by atoms with Gasteiger partial charge < -0.3 is 9.47 Å². The lowest BCUT2D eigenvalue weighted by Gasteiger charge is -2.18. The fourth-order valence-electron chi connectivity index (χ4n) is 3.11. The third-order valence-electron chi connectivity index (χ3n) is 5.00.